The molecule has 2 heterocycles. The van der Waals surface area contributed by atoms with Gasteiger partial charge in [-0.3, -0.25) is 14.9 Å². The Morgan fingerprint density at radius 1 is 1.21 bits per heavy atom. The van der Waals surface area contributed by atoms with Crippen LogP contribution in [0, 0.1) is 22.0 Å². The summed E-state index contributed by atoms with van der Waals surface area (Å²) in [5.74, 6) is 0.451. The van der Waals surface area contributed by atoms with Crippen LogP contribution in [0.5, 0.6) is 5.75 Å². The monoisotopic (exact) mass is 425 g/mol. The lowest BCUT2D eigenvalue weighted by molar-refractivity contribution is -0.386. The zero-order valence-electron chi connectivity index (χ0n) is 16.7. The van der Waals surface area contributed by atoms with Crippen molar-refractivity contribution in [1.29, 1.82) is 0 Å². The quantitative estimate of drug-likeness (QED) is 0.511. The second-order valence-electron chi connectivity index (χ2n) is 8.03. The van der Waals surface area contributed by atoms with Gasteiger partial charge in [-0.15, -0.1) is 0 Å². The van der Waals surface area contributed by atoms with Crippen molar-refractivity contribution in [2.75, 3.05) is 32.8 Å². The standard InChI is InChI=1S/C19H27N3O6S/c1-14-9-15(2)12-20(11-14)19(23)13-28-18-6-5-16(10-17(18)22(24)25)29(26,27)21-7-3-4-8-21/h5-6,10,14-15H,3-4,7-9,11-13H2,1-2H3. The Labute approximate surface area is 170 Å². The van der Waals surface area contributed by atoms with Gasteiger partial charge >= 0.3 is 5.69 Å². The fourth-order valence-electron chi connectivity index (χ4n) is 4.10. The number of carbonyl (C=O) groups excluding carboxylic acids is 1. The highest BCUT2D eigenvalue weighted by molar-refractivity contribution is 7.89. The van der Waals surface area contributed by atoms with E-state index in [-0.39, 0.29) is 23.2 Å². The molecule has 1 amide bonds. The summed E-state index contributed by atoms with van der Waals surface area (Å²) in [4.78, 5) is 24.8. The van der Waals surface area contributed by atoms with E-state index in [4.69, 9.17) is 4.74 Å². The summed E-state index contributed by atoms with van der Waals surface area (Å²) in [7, 11) is -3.77. The van der Waals surface area contributed by atoms with Crippen molar-refractivity contribution in [3.8, 4) is 5.75 Å². The van der Waals surface area contributed by atoms with Gasteiger partial charge in [0.25, 0.3) is 5.91 Å². The minimum absolute atomic E-state index is 0.109. The van der Waals surface area contributed by atoms with E-state index in [1.165, 1.54) is 16.4 Å². The number of benzene rings is 1. The van der Waals surface area contributed by atoms with Crippen LogP contribution >= 0.6 is 0 Å². The molecule has 0 aliphatic carbocycles. The molecule has 2 saturated heterocycles. The first-order valence-electron chi connectivity index (χ1n) is 9.87. The Bertz CT molecular complexity index is 872. The summed E-state index contributed by atoms with van der Waals surface area (Å²) in [5, 5.41) is 11.5. The van der Waals surface area contributed by atoms with Crippen LogP contribution in [0.3, 0.4) is 0 Å². The molecule has 0 spiro atoms. The molecule has 1 aromatic carbocycles. The lowest BCUT2D eigenvalue weighted by Gasteiger charge is -2.34. The SMILES string of the molecule is CC1CC(C)CN(C(=O)COc2ccc(S(=O)(=O)N3CCCC3)cc2[N+](=O)[O-])C1. The van der Waals surface area contributed by atoms with Crippen molar-refractivity contribution in [3.63, 3.8) is 0 Å². The number of hydrogen-bond acceptors (Lipinski definition) is 6. The Balaban J connectivity index is 1.74. The van der Waals surface area contributed by atoms with Gasteiger partial charge in [0, 0.05) is 32.2 Å². The van der Waals surface area contributed by atoms with Crippen LogP contribution in [0.15, 0.2) is 23.1 Å². The molecule has 2 aliphatic rings. The van der Waals surface area contributed by atoms with Gasteiger partial charge < -0.3 is 9.64 Å². The van der Waals surface area contributed by atoms with Crippen LogP contribution in [-0.2, 0) is 14.8 Å². The van der Waals surface area contributed by atoms with Crippen LogP contribution in [0.25, 0.3) is 0 Å². The van der Waals surface area contributed by atoms with Gasteiger partial charge in [0.15, 0.2) is 12.4 Å². The molecular weight excluding hydrogens is 398 g/mol. The van der Waals surface area contributed by atoms with Crippen molar-refractivity contribution in [1.82, 2.24) is 9.21 Å². The lowest BCUT2D eigenvalue weighted by Crippen LogP contribution is -2.44. The number of nitro benzene ring substituents is 1. The molecule has 0 bridgehead atoms. The van der Waals surface area contributed by atoms with Gasteiger partial charge in [-0.25, -0.2) is 8.42 Å². The average Bonchev–Trinajstić information content (AvgIpc) is 3.20. The van der Waals surface area contributed by atoms with Crippen molar-refractivity contribution < 1.29 is 22.9 Å². The summed E-state index contributed by atoms with van der Waals surface area (Å²) >= 11 is 0. The zero-order chi connectivity index (χ0) is 21.2. The number of sulfonamides is 1. The first-order chi connectivity index (χ1) is 13.7. The maximum Gasteiger partial charge on any atom is 0.312 e. The van der Waals surface area contributed by atoms with Gasteiger partial charge in [-0.2, -0.15) is 4.31 Å². The minimum atomic E-state index is -3.77. The second kappa shape index (κ2) is 8.66. The molecule has 0 saturated carbocycles. The maximum absolute atomic E-state index is 12.7. The lowest BCUT2D eigenvalue weighted by atomic mass is 9.92. The minimum Gasteiger partial charge on any atom is -0.477 e. The summed E-state index contributed by atoms with van der Waals surface area (Å²) in [6, 6.07) is 3.57. The third kappa shape index (κ3) is 4.87. The summed E-state index contributed by atoms with van der Waals surface area (Å²) in [5.41, 5.74) is -0.460. The Hall–Kier alpha value is -2.20. The molecule has 0 aromatic heterocycles. The molecule has 2 aliphatic heterocycles. The highest BCUT2D eigenvalue weighted by Crippen LogP contribution is 2.32. The van der Waals surface area contributed by atoms with E-state index in [1.807, 2.05) is 0 Å². The molecule has 2 fully saturated rings. The summed E-state index contributed by atoms with van der Waals surface area (Å²) < 4.78 is 32.1. The van der Waals surface area contributed by atoms with Crippen LogP contribution < -0.4 is 4.74 Å². The normalized spacial score (nSPS) is 23.2. The van der Waals surface area contributed by atoms with Crippen molar-refractivity contribution in [2.24, 2.45) is 11.8 Å². The smallest absolute Gasteiger partial charge is 0.312 e. The van der Waals surface area contributed by atoms with Crippen molar-refractivity contribution in [2.45, 2.75) is 38.0 Å². The number of nitrogens with zero attached hydrogens (tertiary/aromatic N) is 3. The summed E-state index contributed by atoms with van der Waals surface area (Å²) in [6.07, 6.45) is 2.61. The molecule has 160 valence electrons. The molecule has 1 aromatic rings. The van der Waals surface area contributed by atoms with E-state index in [1.54, 1.807) is 4.90 Å². The van der Waals surface area contributed by atoms with Gasteiger partial charge in [-0.05, 0) is 43.2 Å². The largest absolute Gasteiger partial charge is 0.477 e. The van der Waals surface area contributed by atoms with Gasteiger partial charge in [0.05, 0.1) is 9.82 Å². The van der Waals surface area contributed by atoms with Crippen LogP contribution in [0.1, 0.15) is 33.1 Å². The van der Waals surface area contributed by atoms with E-state index in [2.05, 4.69) is 13.8 Å². The first kappa shape index (κ1) is 21.5. The number of hydrogen-bond donors (Lipinski definition) is 0. The molecule has 2 atom stereocenters. The molecule has 9 nitrogen and oxygen atoms in total. The number of ether oxygens (including phenoxy) is 1. The average molecular weight is 426 g/mol. The molecule has 29 heavy (non-hydrogen) atoms. The third-order valence-corrected chi connectivity index (χ3v) is 7.30. The van der Waals surface area contributed by atoms with Crippen molar-refractivity contribution in [3.05, 3.63) is 28.3 Å². The number of rotatable bonds is 6. The van der Waals surface area contributed by atoms with E-state index in [0.717, 1.165) is 25.3 Å². The number of carbonyl (C=O) groups is 1. The maximum atomic E-state index is 12.7. The second-order valence-corrected chi connectivity index (χ2v) is 9.97. The zero-order valence-corrected chi connectivity index (χ0v) is 17.6. The third-order valence-electron chi connectivity index (χ3n) is 5.40. The van der Waals surface area contributed by atoms with E-state index in [9.17, 15) is 23.3 Å². The molecule has 2 unspecified atom stereocenters. The highest BCUT2D eigenvalue weighted by Gasteiger charge is 2.30. The van der Waals surface area contributed by atoms with Crippen molar-refractivity contribution >= 4 is 21.6 Å². The summed E-state index contributed by atoms with van der Waals surface area (Å²) in [6.45, 7) is 5.95. The molecule has 3 rings (SSSR count). The number of nitro groups is 1. The van der Waals surface area contributed by atoms with Crippen LogP contribution in [0.2, 0.25) is 0 Å². The fraction of sp³-hybridized carbons (Fsp3) is 0.632. The highest BCUT2D eigenvalue weighted by atomic mass is 32.2. The Morgan fingerprint density at radius 2 is 1.83 bits per heavy atom. The molecule has 0 radical (unpaired) electrons. The number of piperidine rings is 1. The first-order valence-corrected chi connectivity index (χ1v) is 11.3. The van der Waals surface area contributed by atoms with E-state index >= 15 is 0 Å². The topological polar surface area (TPSA) is 110 Å². The number of likely N-dealkylation sites (tertiary alicyclic amines) is 1. The fourth-order valence-corrected chi connectivity index (χ4v) is 5.63. The van der Waals surface area contributed by atoms with E-state index < -0.39 is 20.6 Å². The Kier molecular flexibility index (Phi) is 6.42. The number of amides is 1. The predicted octanol–water partition coefficient (Wildman–Crippen LogP) is 2.26. The molecule has 10 heteroatoms. The van der Waals surface area contributed by atoms with Crippen LogP contribution in [0.4, 0.5) is 5.69 Å². The van der Waals surface area contributed by atoms with Gasteiger partial charge in [-0.1, -0.05) is 13.8 Å². The predicted molar refractivity (Wildman–Crippen MR) is 106 cm³/mol. The molecule has 0 N–H and O–H groups in total. The van der Waals surface area contributed by atoms with Crippen LogP contribution in [-0.4, -0.2) is 61.2 Å². The Morgan fingerprint density at radius 3 is 2.41 bits per heavy atom. The van der Waals surface area contributed by atoms with Gasteiger partial charge in [0.1, 0.15) is 0 Å². The van der Waals surface area contributed by atoms with Gasteiger partial charge in [0.2, 0.25) is 10.0 Å². The van der Waals surface area contributed by atoms with E-state index in [0.29, 0.717) is 38.0 Å². The molecular formula is C19H27N3O6S.